The van der Waals surface area contributed by atoms with Gasteiger partial charge in [0.25, 0.3) is 5.91 Å². The topological polar surface area (TPSA) is 50.3 Å². The molecule has 3 aromatic rings. The Hall–Kier alpha value is -3.44. The van der Waals surface area contributed by atoms with E-state index in [-0.39, 0.29) is 22.3 Å². The maximum Gasteiger partial charge on any atom is 0.264 e. The van der Waals surface area contributed by atoms with E-state index in [1.807, 2.05) is 49.4 Å². The first-order valence-corrected chi connectivity index (χ1v) is 9.18. The first-order chi connectivity index (χ1) is 13.6. The number of carbonyl (C=O) groups is 2. The van der Waals surface area contributed by atoms with Gasteiger partial charge in [-0.25, -0.2) is 0 Å². The predicted molar refractivity (Wildman–Crippen MR) is 113 cm³/mol. The van der Waals surface area contributed by atoms with Gasteiger partial charge in [0.15, 0.2) is 5.78 Å². The third kappa shape index (κ3) is 3.06. The number of ketones is 1. The van der Waals surface area contributed by atoms with Gasteiger partial charge in [-0.15, -0.1) is 0 Å². The summed E-state index contributed by atoms with van der Waals surface area (Å²) in [5, 5.41) is 0. The van der Waals surface area contributed by atoms with Gasteiger partial charge in [0, 0.05) is 18.0 Å². The Bertz CT molecular complexity index is 1100. The van der Waals surface area contributed by atoms with Gasteiger partial charge in [-0.1, -0.05) is 60.2 Å². The van der Waals surface area contributed by atoms with Gasteiger partial charge < -0.3 is 0 Å². The molecular weight excluding hydrogens is 368 g/mol. The lowest BCUT2D eigenvalue weighted by Gasteiger charge is -2.17. The molecule has 0 radical (unpaired) electrons. The number of amides is 1. The summed E-state index contributed by atoms with van der Waals surface area (Å²) in [5.74, 6) is -0.577. The average molecular weight is 384 g/mol. The van der Waals surface area contributed by atoms with Crippen molar-refractivity contribution in [1.82, 2.24) is 4.98 Å². The molecule has 4 rings (SSSR count). The van der Waals surface area contributed by atoms with Crippen LogP contribution in [0.2, 0.25) is 0 Å². The van der Waals surface area contributed by atoms with Crippen molar-refractivity contribution in [2.24, 2.45) is 0 Å². The Morgan fingerprint density at radius 1 is 0.929 bits per heavy atom. The van der Waals surface area contributed by atoms with Gasteiger partial charge in [0.05, 0.1) is 16.8 Å². The van der Waals surface area contributed by atoms with E-state index in [1.165, 1.54) is 4.90 Å². The number of hydrogen-bond donors (Lipinski definition) is 0. The zero-order valence-corrected chi connectivity index (χ0v) is 15.9. The maximum absolute atomic E-state index is 13.4. The molecule has 1 aliphatic rings. The zero-order chi connectivity index (χ0) is 19.7. The van der Waals surface area contributed by atoms with E-state index in [4.69, 9.17) is 12.2 Å². The van der Waals surface area contributed by atoms with Crippen molar-refractivity contribution in [3.8, 4) is 0 Å². The fourth-order valence-electron chi connectivity index (χ4n) is 3.19. The summed E-state index contributed by atoms with van der Waals surface area (Å²) in [4.78, 5) is 32.2. The SMILES string of the molecule is Cc1ccc(C2=C(C(=O)c3ccncc3)C(=S)N(c3ccccc3)C2=O)cc1. The third-order valence-corrected chi connectivity index (χ3v) is 4.99. The minimum atomic E-state index is -0.294. The highest BCUT2D eigenvalue weighted by atomic mass is 32.1. The van der Waals surface area contributed by atoms with E-state index in [0.29, 0.717) is 22.4 Å². The number of aromatic nitrogens is 1. The number of thiocarbonyl (C=S) groups is 1. The second-order valence-electron chi connectivity index (χ2n) is 6.46. The molecule has 0 unspecified atom stereocenters. The van der Waals surface area contributed by atoms with Crippen molar-refractivity contribution in [3.05, 3.63) is 101 Å². The highest BCUT2D eigenvalue weighted by Gasteiger charge is 2.40. The van der Waals surface area contributed by atoms with Crippen LogP contribution in [0, 0.1) is 6.92 Å². The van der Waals surface area contributed by atoms with Crippen LogP contribution in [0.4, 0.5) is 5.69 Å². The zero-order valence-electron chi connectivity index (χ0n) is 15.1. The molecule has 0 bridgehead atoms. The fourth-order valence-corrected chi connectivity index (χ4v) is 3.57. The summed E-state index contributed by atoms with van der Waals surface area (Å²) in [7, 11) is 0. The summed E-state index contributed by atoms with van der Waals surface area (Å²) < 4.78 is 0. The van der Waals surface area contributed by atoms with Crippen LogP contribution in [-0.2, 0) is 4.79 Å². The summed E-state index contributed by atoms with van der Waals surface area (Å²) in [5.41, 5.74) is 3.40. The highest BCUT2D eigenvalue weighted by molar-refractivity contribution is 7.81. The molecule has 5 heteroatoms. The Labute approximate surface area is 168 Å². The molecule has 0 atom stereocenters. The van der Waals surface area contributed by atoms with E-state index in [0.717, 1.165) is 5.56 Å². The maximum atomic E-state index is 13.4. The Morgan fingerprint density at radius 3 is 2.21 bits per heavy atom. The van der Waals surface area contributed by atoms with E-state index in [2.05, 4.69) is 4.98 Å². The number of rotatable bonds is 4. The van der Waals surface area contributed by atoms with E-state index >= 15 is 0 Å². The number of anilines is 1. The smallest absolute Gasteiger partial charge is 0.264 e. The largest absolute Gasteiger partial charge is 0.288 e. The van der Waals surface area contributed by atoms with Crippen molar-refractivity contribution >= 4 is 40.2 Å². The van der Waals surface area contributed by atoms with Crippen LogP contribution in [0.25, 0.3) is 5.57 Å². The van der Waals surface area contributed by atoms with Crippen molar-refractivity contribution in [2.45, 2.75) is 6.92 Å². The normalized spacial score (nSPS) is 14.0. The monoisotopic (exact) mass is 384 g/mol. The van der Waals surface area contributed by atoms with Gasteiger partial charge in [0.2, 0.25) is 0 Å². The predicted octanol–water partition coefficient (Wildman–Crippen LogP) is 4.40. The van der Waals surface area contributed by atoms with Gasteiger partial charge >= 0.3 is 0 Å². The number of aryl methyl sites for hydroxylation is 1. The Kier molecular flexibility index (Phi) is 4.67. The number of para-hydroxylation sites is 1. The molecule has 2 heterocycles. The molecule has 0 saturated heterocycles. The van der Waals surface area contributed by atoms with Crippen LogP contribution in [0.5, 0.6) is 0 Å². The van der Waals surface area contributed by atoms with Crippen molar-refractivity contribution in [3.63, 3.8) is 0 Å². The summed E-state index contributed by atoms with van der Waals surface area (Å²) in [6, 6.07) is 19.9. The third-order valence-electron chi connectivity index (χ3n) is 4.61. The van der Waals surface area contributed by atoms with Crippen LogP contribution in [0.3, 0.4) is 0 Å². The van der Waals surface area contributed by atoms with Gasteiger partial charge in [-0.3, -0.25) is 19.5 Å². The van der Waals surface area contributed by atoms with Crippen molar-refractivity contribution in [1.29, 1.82) is 0 Å². The van der Waals surface area contributed by atoms with Gasteiger partial charge in [-0.05, 0) is 36.8 Å². The van der Waals surface area contributed by atoms with E-state index < -0.39 is 0 Å². The number of carbonyl (C=O) groups excluding carboxylic acids is 2. The highest BCUT2D eigenvalue weighted by Crippen LogP contribution is 2.35. The average Bonchev–Trinajstić information content (AvgIpc) is 2.99. The van der Waals surface area contributed by atoms with Gasteiger partial charge in [-0.2, -0.15) is 0 Å². The first-order valence-electron chi connectivity index (χ1n) is 8.78. The number of benzene rings is 2. The lowest BCUT2D eigenvalue weighted by Crippen LogP contribution is -2.31. The molecule has 0 spiro atoms. The molecule has 0 N–H and O–H groups in total. The fraction of sp³-hybridized carbons (Fsp3) is 0.0435. The molecule has 0 saturated carbocycles. The molecule has 2 aromatic carbocycles. The second kappa shape index (κ2) is 7.29. The molecule has 1 aromatic heterocycles. The number of pyridine rings is 1. The van der Waals surface area contributed by atoms with Crippen molar-refractivity contribution < 1.29 is 9.59 Å². The number of nitrogens with zero attached hydrogens (tertiary/aromatic N) is 2. The Balaban J connectivity index is 1.89. The van der Waals surface area contributed by atoms with Crippen LogP contribution in [0.15, 0.2) is 84.7 Å². The molecule has 1 aliphatic heterocycles. The van der Waals surface area contributed by atoms with Crippen LogP contribution in [-0.4, -0.2) is 21.7 Å². The molecule has 1 amide bonds. The summed E-state index contributed by atoms with van der Waals surface area (Å²) in [6.45, 7) is 1.97. The molecule has 0 aliphatic carbocycles. The molecule has 4 nitrogen and oxygen atoms in total. The minimum absolute atomic E-state index is 0.216. The first kappa shape index (κ1) is 17.9. The lowest BCUT2D eigenvalue weighted by atomic mass is 9.96. The summed E-state index contributed by atoms with van der Waals surface area (Å²) in [6.07, 6.45) is 3.10. The summed E-state index contributed by atoms with van der Waals surface area (Å²) >= 11 is 5.61. The molecule has 136 valence electrons. The van der Waals surface area contributed by atoms with Crippen LogP contribution < -0.4 is 4.90 Å². The van der Waals surface area contributed by atoms with Crippen LogP contribution in [0.1, 0.15) is 21.5 Å². The van der Waals surface area contributed by atoms with Crippen molar-refractivity contribution in [2.75, 3.05) is 4.90 Å². The quantitative estimate of drug-likeness (QED) is 0.494. The lowest BCUT2D eigenvalue weighted by molar-refractivity contribution is -0.112. The van der Waals surface area contributed by atoms with E-state index in [9.17, 15) is 9.59 Å². The minimum Gasteiger partial charge on any atom is -0.288 e. The molecular formula is C23H16N2O2S. The number of hydrogen-bond acceptors (Lipinski definition) is 4. The Morgan fingerprint density at radius 2 is 1.57 bits per heavy atom. The second-order valence-corrected chi connectivity index (χ2v) is 6.85. The standard InChI is InChI=1S/C23H16N2O2S/c1-15-7-9-16(10-8-15)19-20(21(26)17-11-13-24-14-12-17)23(28)25(22(19)27)18-5-3-2-4-6-18/h2-14H,1H3. The number of Topliss-reactive ketones (excluding diaryl/α,β-unsaturated/α-hetero) is 1. The molecule has 28 heavy (non-hydrogen) atoms. The molecule has 0 fully saturated rings. The van der Waals surface area contributed by atoms with E-state index in [1.54, 1.807) is 36.7 Å². The van der Waals surface area contributed by atoms with Gasteiger partial charge in [0.1, 0.15) is 4.99 Å². The van der Waals surface area contributed by atoms with Crippen LogP contribution >= 0.6 is 12.2 Å².